The van der Waals surface area contributed by atoms with Gasteiger partial charge in [0.2, 0.25) is 0 Å². The van der Waals surface area contributed by atoms with Crippen LogP contribution in [0.25, 0.3) is 0 Å². The molecule has 62 valence electrons. The van der Waals surface area contributed by atoms with E-state index in [0.717, 1.165) is 12.1 Å². The van der Waals surface area contributed by atoms with Gasteiger partial charge in [0.1, 0.15) is 6.26 Å². The van der Waals surface area contributed by atoms with Gasteiger partial charge in [-0.25, -0.2) is 0 Å². The van der Waals surface area contributed by atoms with E-state index in [-0.39, 0.29) is 5.41 Å². The average molecular weight is 154 g/mol. The molecule has 2 N–H and O–H groups in total. The van der Waals surface area contributed by atoms with E-state index in [2.05, 4.69) is 19.0 Å². The number of nitrogens with zero attached hydrogens (tertiary/aromatic N) is 1. The molecule has 0 saturated heterocycles. The first-order valence-electron chi connectivity index (χ1n) is 3.73. The van der Waals surface area contributed by atoms with Crippen LogP contribution >= 0.6 is 0 Å². The lowest BCUT2D eigenvalue weighted by atomic mass is 9.88. The number of hydrogen-bond acceptors (Lipinski definition) is 3. The topological polar surface area (TPSA) is 52.0 Å². The first kappa shape index (κ1) is 8.27. The number of nitrogens with two attached hydrogens (primary N) is 1. The van der Waals surface area contributed by atoms with Crippen LogP contribution in [0, 0.1) is 5.41 Å². The van der Waals surface area contributed by atoms with Crippen LogP contribution in [0.2, 0.25) is 0 Å². The molecule has 3 nitrogen and oxygen atoms in total. The quantitative estimate of drug-likeness (QED) is 0.711. The smallest absolute Gasteiger partial charge is 0.124 e. The molecule has 0 atom stereocenters. The lowest BCUT2D eigenvalue weighted by Crippen LogP contribution is -2.25. The minimum atomic E-state index is 0.122. The Morgan fingerprint density at radius 1 is 1.64 bits per heavy atom. The molecule has 0 aliphatic carbocycles. The highest BCUT2D eigenvalue weighted by molar-refractivity contribution is 4.99. The minimum Gasteiger partial charge on any atom is -0.365 e. The molecule has 1 aromatic heterocycles. The molecule has 0 aliphatic rings. The first-order valence-corrected chi connectivity index (χ1v) is 3.73. The van der Waals surface area contributed by atoms with Crippen molar-refractivity contribution in [3.05, 3.63) is 18.0 Å². The fourth-order valence-electron chi connectivity index (χ4n) is 0.891. The van der Waals surface area contributed by atoms with Crippen LogP contribution in [0.5, 0.6) is 0 Å². The monoisotopic (exact) mass is 154 g/mol. The highest BCUT2D eigenvalue weighted by atomic mass is 16.5. The molecule has 0 fully saturated rings. The fourth-order valence-corrected chi connectivity index (χ4v) is 0.891. The summed E-state index contributed by atoms with van der Waals surface area (Å²) in [5.74, 6) is 0. The summed E-state index contributed by atoms with van der Waals surface area (Å²) in [6, 6.07) is 1.87. The van der Waals surface area contributed by atoms with Crippen LogP contribution < -0.4 is 5.73 Å². The van der Waals surface area contributed by atoms with Gasteiger partial charge in [-0.05, 0) is 18.4 Å². The molecule has 0 unspecified atom stereocenters. The Kier molecular flexibility index (Phi) is 2.29. The standard InChI is InChI=1S/C8H14N2O/c1-8(2,6-9)5-7-3-4-11-10-7/h3-4H,5-6,9H2,1-2H3. The van der Waals surface area contributed by atoms with Gasteiger partial charge in [-0.15, -0.1) is 0 Å². The zero-order chi connectivity index (χ0) is 8.32. The lowest BCUT2D eigenvalue weighted by Gasteiger charge is -2.19. The maximum atomic E-state index is 5.56. The van der Waals surface area contributed by atoms with Gasteiger partial charge in [0.05, 0.1) is 5.69 Å². The number of rotatable bonds is 3. The summed E-state index contributed by atoms with van der Waals surface area (Å²) >= 11 is 0. The normalized spacial score (nSPS) is 11.9. The molecule has 0 spiro atoms. The van der Waals surface area contributed by atoms with E-state index < -0.39 is 0 Å². The second kappa shape index (κ2) is 3.05. The molecule has 1 aromatic rings. The maximum absolute atomic E-state index is 5.56. The third-order valence-electron chi connectivity index (χ3n) is 1.70. The molecule has 0 bridgehead atoms. The SMILES string of the molecule is CC(C)(CN)Cc1ccon1. The number of aromatic nitrogens is 1. The van der Waals surface area contributed by atoms with Gasteiger partial charge < -0.3 is 10.3 Å². The molecule has 1 heterocycles. The van der Waals surface area contributed by atoms with Gasteiger partial charge >= 0.3 is 0 Å². The molecular formula is C8H14N2O. The molecule has 11 heavy (non-hydrogen) atoms. The summed E-state index contributed by atoms with van der Waals surface area (Å²) in [7, 11) is 0. The average Bonchev–Trinajstić information content (AvgIpc) is 2.39. The summed E-state index contributed by atoms with van der Waals surface area (Å²) in [6.45, 7) is 4.89. The van der Waals surface area contributed by atoms with Gasteiger partial charge in [-0.3, -0.25) is 0 Å². The first-order chi connectivity index (χ1) is 5.14. The van der Waals surface area contributed by atoms with Crippen LogP contribution in [-0.2, 0) is 6.42 Å². The van der Waals surface area contributed by atoms with E-state index in [1.54, 1.807) is 6.26 Å². The van der Waals surface area contributed by atoms with Gasteiger partial charge in [0.15, 0.2) is 0 Å². The third kappa shape index (κ3) is 2.35. The molecular weight excluding hydrogens is 140 g/mol. The van der Waals surface area contributed by atoms with Crippen molar-refractivity contribution in [1.29, 1.82) is 0 Å². The van der Waals surface area contributed by atoms with Gasteiger partial charge in [-0.2, -0.15) is 0 Å². The molecule has 0 saturated carbocycles. The largest absolute Gasteiger partial charge is 0.365 e. The summed E-state index contributed by atoms with van der Waals surface area (Å²) in [6.07, 6.45) is 2.46. The van der Waals surface area contributed by atoms with E-state index in [0.29, 0.717) is 6.54 Å². The van der Waals surface area contributed by atoms with Gasteiger partial charge in [-0.1, -0.05) is 19.0 Å². The van der Waals surface area contributed by atoms with Crippen LogP contribution in [0.3, 0.4) is 0 Å². The second-order valence-corrected chi connectivity index (χ2v) is 3.54. The highest BCUT2D eigenvalue weighted by Gasteiger charge is 2.17. The minimum absolute atomic E-state index is 0.122. The Hall–Kier alpha value is -0.830. The summed E-state index contributed by atoms with van der Waals surface area (Å²) < 4.78 is 4.71. The van der Waals surface area contributed by atoms with E-state index in [1.165, 1.54) is 0 Å². The predicted molar refractivity (Wildman–Crippen MR) is 43.0 cm³/mol. The van der Waals surface area contributed by atoms with E-state index in [4.69, 9.17) is 10.3 Å². The molecule has 1 rings (SSSR count). The summed E-state index contributed by atoms with van der Waals surface area (Å²) in [5.41, 5.74) is 6.66. The van der Waals surface area contributed by atoms with Gasteiger partial charge in [0, 0.05) is 6.07 Å². The van der Waals surface area contributed by atoms with E-state index in [9.17, 15) is 0 Å². The van der Waals surface area contributed by atoms with E-state index >= 15 is 0 Å². The Balaban J connectivity index is 2.56. The molecule has 0 radical (unpaired) electrons. The van der Waals surface area contributed by atoms with Crippen LogP contribution in [0.1, 0.15) is 19.5 Å². The van der Waals surface area contributed by atoms with Crippen LogP contribution in [0.15, 0.2) is 16.9 Å². The lowest BCUT2D eigenvalue weighted by molar-refractivity contribution is 0.351. The van der Waals surface area contributed by atoms with Gasteiger partial charge in [0.25, 0.3) is 0 Å². The maximum Gasteiger partial charge on any atom is 0.124 e. The second-order valence-electron chi connectivity index (χ2n) is 3.54. The van der Waals surface area contributed by atoms with Crippen molar-refractivity contribution in [3.63, 3.8) is 0 Å². The van der Waals surface area contributed by atoms with Crippen LogP contribution in [0.4, 0.5) is 0 Å². The molecule has 3 heteroatoms. The van der Waals surface area contributed by atoms with Crippen molar-refractivity contribution >= 4 is 0 Å². The van der Waals surface area contributed by atoms with E-state index in [1.807, 2.05) is 6.07 Å². The van der Waals surface area contributed by atoms with Crippen molar-refractivity contribution in [2.24, 2.45) is 11.1 Å². The zero-order valence-electron chi connectivity index (χ0n) is 7.00. The van der Waals surface area contributed by atoms with Crippen molar-refractivity contribution in [2.75, 3.05) is 6.54 Å². The number of hydrogen-bond donors (Lipinski definition) is 1. The molecule has 0 aliphatic heterocycles. The fraction of sp³-hybridized carbons (Fsp3) is 0.625. The van der Waals surface area contributed by atoms with Crippen LogP contribution in [-0.4, -0.2) is 11.7 Å². The predicted octanol–water partition coefficient (Wildman–Crippen LogP) is 1.20. The van der Waals surface area contributed by atoms with Crippen molar-refractivity contribution in [1.82, 2.24) is 5.16 Å². The summed E-state index contributed by atoms with van der Waals surface area (Å²) in [4.78, 5) is 0. The highest BCUT2D eigenvalue weighted by Crippen LogP contribution is 2.18. The molecule has 0 aromatic carbocycles. The molecule has 0 amide bonds. The summed E-state index contributed by atoms with van der Waals surface area (Å²) in [5, 5.41) is 3.82. The Morgan fingerprint density at radius 2 is 2.36 bits per heavy atom. The Bertz CT molecular complexity index is 204. The van der Waals surface area contributed by atoms with Crippen molar-refractivity contribution in [3.8, 4) is 0 Å². The van der Waals surface area contributed by atoms with Crippen molar-refractivity contribution < 1.29 is 4.52 Å². The Labute approximate surface area is 66.6 Å². The third-order valence-corrected chi connectivity index (χ3v) is 1.70. The zero-order valence-corrected chi connectivity index (χ0v) is 7.00. The Morgan fingerprint density at radius 3 is 2.82 bits per heavy atom. The van der Waals surface area contributed by atoms with Crippen molar-refractivity contribution in [2.45, 2.75) is 20.3 Å².